The van der Waals surface area contributed by atoms with Gasteiger partial charge < -0.3 is 5.73 Å². The third-order valence-corrected chi connectivity index (χ3v) is 2.32. The number of aromatic nitrogens is 2. The van der Waals surface area contributed by atoms with E-state index in [1.807, 2.05) is 37.0 Å². The fourth-order valence-corrected chi connectivity index (χ4v) is 1.60. The van der Waals surface area contributed by atoms with Gasteiger partial charge in [0.05, 0.1) is 11.7 Å². The van der Waals surface area contributed by atoms with Crippen molar-refractivity contribution in [3.8, 4) is 0 Å². The van der Waals surface area contributed by atoms with Crippen molar-refractivity contribution in [1.82, 2.24) is 9.78 Å². The van der Waals surface area contributed by atoms with Gasteiger partial charge in [0, 0.05) is 18.5 Å². The Bertz CT molecular complexity index is 434. The lowest BCUT2D eigenvalue weighted by Crippen LogP contribution is -2.05. The number of halogens is 1. The molecular weight excluding hydrogens is 198 g/mol. The van der Waals surface area contributed by atoms with Crippen LogP contribution < -0.4 is 5.73 Å². The molecule has 4 heteroatoms. The summed E-state index contributed by atoms with van der Waals surface area (Å²) in [5, 5.41) is 5.35. The van der Waals surface area contributed by atoms with E-state index in [9.17, 15) is 0 Å². The first-order valence-electron chi connectivity index (χ1n) is 4.36. The standard InChI is InChI=1S/C10H13N3.ClH/c1-7(11)8-4-3-5-10-9(8)6-12-13(10)2;/h3-7H,11H2,1-2H3;1H. The van der Waals surface area contributed by atoms with Gasteiger partial charge in [-0.05, 0) is 18.6 Å². The normalized spacial score (nSPS) is 12.5. The van der Waals surface area contributed by atoms with Crippen molar-refractivity contribution in [2.75, 3.05) is 0 Å². The lowest BCUT2D eigenvalue weighted by atomic mass is 10.1. The van der Waals surface area contributed by atoms with Gasteiger partial charge in [-0.3, -0.25) is 4.68 Å². The van der Waals surface area contributed by atoms with Gasteiger partial charge >= 0.3 is 0 Å². The van der Waals surface area contributed by atoms with Crippen molar-refractivity contribution in [1.29, 1.82) is 0 Å². The summed E-state index contributed by atoms with van der Waals surface area (Å²) in [6.07, 6.45) is 1.87. The fourth-order valence-electron chi connectivity index (χ4n) is 1.60. The van der Waals surface area contributed by atoms with Crippen LogP contribution in [0.5, 0.6) is 0 Å². The molecule has 0 bridgehead atoms. The summed E-state index contributed by atoms with van der Waals surface area (Å²) in [5.74, 6) is 0. The molecule has 0 spiro atoms. The molecule has 1 heterocycles. The summed E-state index contributed by atoms with van der Waals surface area (Å²) in [7, 11) is 1.94. The molecule has 14 heavy (non-hydrogen) atoms. The van der Waals surface area contributed by atoms with E-state index in [4.69, 9.17) is 5.73 Å². The van der Waals surface area contributed by atoms with Crippen LogP contribution in [0.4, 0.5) is 0 Å². The number of nitrogens with two attached hydrogens (primary N) is 1. The predicted octanol–water partition coefficient (Wildman–Crippen LogP) is 2.01. The van der Waals surface area contributed by atoms with Crippen molar-refractivity contribution in [3.05, 3.63) is 30.0 Å². The van der Waals surface area contributed by atoms with Crippen molar-refractivity contribution in [2.45, 2.75) is 13.0 Å². The Hall–Kier alpha value is -1.06. The van der Waals surface area contributed by atoms with E-state index in [0.717, 1.165) is 16.5 Å². The number of fused-ring (bicyclic) bond motifs is 1. The largest absolute Gasteiger partial charge is 0.324 e. The summed E-state index contributed by atoms with van der Waals surface area (Å²) in [4.78, 5) is 0. The molecule has 76 valence electrons. The first-order chi connectivity index (χ1) is 6.20. The monoisotopic (exact) mass is 211 g/mol. The van der Waals surface area contributed by atoms with Crippen molar-refractivity contribution in [2.24, 2.45) is 12.8 Å². The Morgan fingerprint density at radius 2 is 2.14 bits per heavy atom. The highest BCUT2D eigenvalue weighted by Crippen LogP contribution is 2.21. The van der Waals surface area contributed by atoms with Gasteiger partial charge in [-0.2, -0.15) is 5.10 Å². The molecule has 0 saturated carbocycles. The molecule has 1 aromatic heterocycles. The molecule has 0 aliphatic heterocycles. The second-order valence-corrected chi connectivity index (χ2v) is 3.34. The number of aryl methyl sites for hydroxylation is 1. The number of benzene rings is 1. The molecule has 0 aliphatic rings. The van der Waals surface area contributed by atoms with Gasteiger partial charge in [0.15, 0.2) is 0 Å². The second kappa shape index (κ2) is 3.98. The lowest BCUT2D eigenvalue weighted by molar-refractivity contribution is 0.796. The Morgan fingerprint density at radius 3 is 2.79 bits per heavy atom. The van der Waals surface area contributed by atoms with Crippen molar-refractivity contribution in [3.63, 3.8) is 0 Å². The second-order valence-electron chi connectivity index (χ2n) is 3.34. The third-order valence-electron chi connectivity index (χ3n) is 2.32. The summed E-state index contributed by atoms with van der Waals surface area (Å²) >= 11 is 0. The molecule has 0 aliphatic carbocycles. The highest BCUT2D eigenvalue weighted by Gasteiger charge is 2.07. The summed E-state index contributed by atoms with van der Waals surface area (Å²) in [6, 6.07) is 6.18. The minimum absolute atomic E-state index is 0. The first kappa shape index (κ1) is 11.0. The van der Waals surface area contributed by atoms with Crippen LogP contribution in [-0.4, -0.2) is 9.78 Å². The maximum atomic E-state index is 5.85. The Labute approximate surface area is 89.3 Å². The maximum absolute atomic E-state index is 5.85. The Morgan fingerprint density at radius 1 is 1.43 bits per heavy atom. The topological polar surface area (TPSA) is 43.8 Å². The van der Waals surface area contributed by atoms with E-state index in [2.05, 4.69) is 11.2 Å². The van der Waals surface area contributed by atoms with Crippen LogP contribution in [0, 0.1) is 0 Å². The summed E-state index contributed by atoms with van der Waals surface area (Å²) < 4.78 is 1.86. The minimum Gasteiger partial charge on any atom is -0.324 e. The van der Waals surface area contributed by atoms with Crippen molar-refractivity contribution >= 4 is 23.3 Å². The molecule has 1 aromatic carbocycles. The number of hydrogen-bond acceptors (Lipinski definition) is 2. The van der Waals surface area contributed by atoms with Gasteiger partial charge in [-0.15, -0.1) is 12.4 Å². The SMILES string of the molecule is CC(N)c1cccc2c1cnn2C.Cl. The predicted molar refractivity (Wildman–Crippen MR) is 60.6 cm³/mol. The zero-order valence-electron chi connectivity index (χ0n) is 8.27. The molecule has 0 amide bonds. The highest BCUT2D eigenvalue weighted by molar-refractivity contribution is 5.85. The van der Waals surface area contributed by atoms with Crippen LogP contribution >= 0.6 is 12.4 Å². The van der Waals surface area contributed by atoms with Crippen LogP contribution in [0.15, 0.2) is 24.4 Å². The van der Waals surface area contributed by atoms with Crippen LogP contribution in [0.3, 0.4) is 0 Å². The number of rotatable bonds is 1. The molecule has 1 unspecified atom stereocenters. The van der Waals surface area contributed by atoms with Gasteiger partial charge in [0.1, 0.15) is 0 Å². The molecule has 2 N–H and O–H groups in total. The zero-order valence-corrected chi connectivity index (χ0v) is 9.08. The summed E-state index contributed by atoms with van der Waals surface area (Å²) in [6.45, 7) is 1.99. The molecule has 2 rings (SSSR count). The van der Waals surface area contributed by atoms with Crippen LogP contribution in [0.25, 0.3) is 10.9 Å². The van der Waals surface area contributed by atoms with Gasteiger partial charge in [-0.1, -0.05) is 12.1 Å². The maximum Gasteiger partial charge on any atom is 0.0682 e. The molecule has 0 saturated heterocycles. The van der Waals surface area contributed by atoms with Crippen LogP contribution in [0.1, 0.15) is 18.5 Å². The first-order valence-corrected chi connectivity index (χ1v) is 4.36. The fraction of sp³-hybridized carbons (Fsp3) is 0.300. The number of hydrogen-bond donors (Lipinski definition) is 1. The Balaban J connectivity index is 0.000000980. The van der Waals surface area contributed by atoms with E-state index >= 15 is 0 Å². The molecular formula is C10H14ClN3. The Kier molecular flexibility index (Phi) is 3.13. The average Bonchev–Trinajstić information content (AvgIpc) is 2.48. The third kappa shape index (κ3) is 1.61. The van der Waals surface area contributed by atoms with Gasteiger partial charge in [0.25, 0.3) is 0 Å². The van der Waals surface area contributed by atoms with E-state index in [-0.39, 0.29) is 18.4 Å². The quantitative estimate of drug-likeness (QED) is 0.785. The lowest BCUT2D eigenvalue weighted by Gasteiger charge is -2.06. The molecule has 2 aromatic rings. The molecule has 3 nitrogen and oxygen atoms in total. The number of nitrogens with zero attached hydrogens (tertiary/aromatic N) is 2. The van der Waals surface area contributed by atoms with E-state index in [1.165, 1.54) is 0 Å². The van der Waals surface area contributed by atoms with E-state index in [0.29, 0.717) is 0 Å². The van der Waals surface area contributed by atoms with Crippen molar-refractivity contribution < 1.29 is 0 Å². The molecule has 0 fully saturated rings. The van der Waals surface area contributed by atoms with Gasteiger partial charge in [-0.25, -0.2) is 0 Å². The smallest absolute Gasteiger partial charge is 0.0682 e. The highest BCUT2D eigenvalue weighted by atomic mass is 35.5. The van der Waals surface area contributed by atoms with Crippen LogP contribution in [-0.2, 0) is 7.05 Å². The van der Waals surface area contributed by atoms with E-state index < -0.39 is 0 Å². The minimum atomic E-state index is 0. The molecule has 0 radical (unpaired) electrons. The van der Waals surface area contributed by atoms with E-state index in [1.54, 1.807) is 0 Å². The molecule has 1 atom stereocenters. The van der Waals surface area contributed by atoms with Crippen LogP contribution in [0.2, 0.25) is 0 Å². The average molecular weight is 212 g/mol. The zero-order chi connectivity index (χ0) is 9.42. The summed E-state index contributed by atoms with van der Waals surface area (Å²) in [5.41, 5.74) is 8.14. The van der Waals surface area contributed by atoms with Gasteiger partial charge in [0.2, 0.25) is 0 Å².